The highest BCUT2D eigenvalue weighted by Crippen LogP contribution is 2.27. The van der Waals surface area contributed by atoms with Gasteiger partial charge in [-0.05, 0) is 31.9 Å². The van der Waals surface area contributed by atoms with Crippen molar-refractivity contribution in [2.24, 2.45) is 11.0 Å². The molecule has 0 radical (unpaired) electrons. The lowest BCUT2D eigenvalue weighted by Gasteiger charge is -2.37. The summed E-state index contributed by atoms with van der Waals surface area (Å²) in [6.45, 7) is 3.73. The minimum absolute atomic E-state index is 0.00620. The first-order valence-corrected chi connectivity index (χ1v) is 11.0. The Bertz CT molecular complexity index is 824. The molecule has 2 heterocycles. The Kier molecular flexibility index (Phi) is 6.16. The summed E-state index contributed by atoms with van der Waals surface area (Å²) in [4.78, 5) is 41.7. The molecule has 1 aliphatic carbocycles. The zero-order valence-electron chi connectivity index (χ0n) is 17.6. The van der Waals surface area contributed by atoms with Gasteiger partial charge in [-0.1, -0.05) is 37.5 Å². The molecule has 160 valence electrons. The highest BCUT2D eigenvalue weighted by molar-refractivity contribution is 6.40. The molecule has 7 heteroatoms. The van der Waals surface area contributed by atoms with E-state index in [1.54, 1.807) is 16.8 Å². The Labute approximate surface area is 177 Å². The van der Waals surface area contributed by atoms with Crippen molar-refractivity contribution in [2.75, 3.05) is 31.2 Å². The van der Waals surface area contributed by atoms with E-state index in [9.17, 15) is 14.4 Å². The molecule has 2 aliphatic heterocycles. The Morgan fingerprint density at radius 3 is 2.17 bits per heavy atom. The van der Waals surface area contributed by atoms with E-state index in [1.807, 2.05) is 35.2 Å². The third-order valence-electron chi connectivity index (χ3n) is 6.48. The maximum Gasteiger partial charge on any atom is 0.270 e. The Balaban J connectivity index is 1.39. The predicted octanol–water partition coefficient (Wildman–Crippen LogP) is 2.46. The van der Waals surface area contributed by atoms with Crippen LogP contribution in [-0.2, 0) is 14.4 Å². The van der Waals surface area contributed by atoms with Gasteiger partial charge in [-0.15, -0.1) is 0 Å². The number of Topliss-reactive ketones (excluding diaryl/α,β-unsaturated/α-hetero) is 1. The van der Waals surface area contributed by atoms with Crippen molar-refractivity contribution in [3.63, 3.8) is 0 Å². The maximum atomic E-state index is 13.1. The first-order valence-electron chi connectivity index (χ1n) is 11.0. The molecular formula is C23H30N4O3. The largest absolute Gasteiger partial charge is 0.339 e. The number of hydrogen-bond donors (Lipinski definition) is 0. The fourth-order valence-corrected chi connectivity index (χ4v) is 4.69. The summed E-state index contributed by atoms with van der Waals surface area (Å²) in [5.41, 5.74) is 1.23. The fourth-order valence-electron chi connectivity index (χ4n) is 4.69. The second-order valence-electron chi connectivity index (χ2n) is 8.51. The van der Waals surface area contributed by atoms with Crippen LogP contribution in [0.2, 0.25) is 0 Å². The number of hydrogen-bond acceptors (Lipinski definition) is 5. The van der Waals surface area contributed by atoms with E-state index >= 15 is 0 Å². The van der Waals surface area contributed by atoms with Crippen molar-refractivity contribution in [1.29, 1.82) is 0 Å². The molecule has 2 fully saturated rings. The van der Waals surface area contributed by atoms with Gasteiger partial charge >= 0.3 is 0 Å². The van der Waals surface area contributed by atoms with Crippen LogP contribution in [0, 0.1) is 5.92 Å². The van der Waals surface area contributed by atoms with E-state index in [4.69, 9.17) is 0 Å². The van der Waals surface area contributed by atoms with E-state index in [-0.39, 0.29) is 23.5 Å². The molecule has 4 rings (SSSR count). The SMILES string of the molecule is CC(=O)C1CC(C(=O)N2CCN(C(=O)C3CCCCC3)CC2)=NN1c1ccccc1. The third kappa shape index (κ3) is 4.25. The van der Waals surface area contributed by atoms with Crippen LogP contribution < -0.4 is 5.01 Å². The normalized spacial score (nSPS) is 22.8. The number of amides is 2. The third-order valence-corrected chi connectivity index (χ3v) is 6.48. The number of rotatable bonds is 4. The molecule has 2 amide bonds. The van der Waals surface area contributed by atoms with Crippen molar-refractivity contribution in [1.82, 2.24) is 9.80 Å². The van der Waals surface area contributed by atoms with Crippen molar-refractivity contribution < 1.29 is 14.4 Å². The summed E-state index contributed by atoms with van der Waals surface area (Å²) in [5, 5.41) is 6.19. The number of carbonyl (C=O) groups excluding carboxylic acids is 3. The standard InChI is InChI=1S/C23H30N4O3/c1-17(28)21-16-20(24-27(21)19-10-6-3-7-11-19)23(30)26-14-12-25(13-15-26)22(29)18-8-4-2-5-9-18/h3,6-7,10-11,18,21H,2,4-5,8-9,12-16H2,1H3. The topological polar surface area (TPSA) is 73.3 Å². The van der Waals surface area contributed by atoms with Crippen LogP contribution in [0.4, 0.5) is 5.69 Å². The van der Waals surface area contributed by atoms with Crippen LogP contribution >= 0.6 is 0 Å². The van der Waals surface area contributed by atoms with Gasteiger partial charge in [-0.2, -0.15) is 5.10 Å². The van der Waals surface area contributed by atoms with E-state index < -0.39 is 6.04 Å². The summed E-state index contributed by atoms with van der Waals surface area (Å²) < 4.78 is 0. The van der Waals surface area contributed by atoms with Gasteiger partial charge in [0.1, 0.15) is 11.8 Å². The van der Waals surface area contributed by atoms with Crippen LogP contribution in [0.25, 0.3) is 0 Å². The minimum Gasteiger partial charge on any atom is -0.339 e. The van der Waals surface area contributed by atoms with Crippen LogP contribution in [0.1, 0.15) is 45.4 Å². The van der Waals surface area contributed by atoms with Crippen molar-refractivity contribution >= 4 is 29.0 Å². The monoisotopic (exact) mass is 410 g/mol. The molecule has 1 atom stereocenters. The summed E-state index contributed by atoms with van der Waals surface area (Å²) in [6.07, 6.45) is 5.83. The fraction of sp³-hybridized carbons (Fsp3) is 0.565. The number of carbonyl (C=O) groups is 3. The Morgan fingerprint density at radius 2 is 1.53 bits per heavy atom. The van der Waals surface area contributed by atoms with Gasteiger partial charge < -0.3 is 9.80 Å². The lowest BCUT2D eigenvalue weighted by molar-refractivity contribution is -0.140. The quantitative estimate of drug-likeness (QED) is 0.764. The molecule has 1 saturated heterocycles. The number of anilines is 1. The van der Waals surface area contributed by atoms with Gasteiger partial charge in [0.25, 0.3) is 5.91 Å². The average molecular weight is 411 g/mol. The number of piperazine rings is 1. The van der Waals surface area contributed by atoms with Gasteiger partial charge in [0, 0.05) is 38.5 Å². The number of hydrazone groups is 1. The van der Waals surface area contributed by atoms with Gasteiger partial charge in [-0.25, -0.2) is 0 Å². The molecule has 1 unspecified atom stereocenters. The van der Waals surface area contributed by atoms with Gasteiger partial charge in [-0.3, -0.25) is 19.4 Å². The highest BCUT2D eigenvalue weighted by Gasteiger charge is 2.37. The van der Waals surface area contributed by atoms with Gasteiger partial charge in [0.15, 0.2) is 5.78 Å². The Morgan fingerprint density at radius 1 is 0.900 bits per heavy atom. The van der Waals surface area contributed by atoms with Crippen LogP contribution in [-0.4, -0.2) is 65.3 Å². The molecule has 30 heavy (non-hydrogen) atoms. The zero-order chi connectivity index (χ0) is 21.1. The van der Waals surface area contributed by atoms with Crippen LogP contribution in [0.3, 0.4) is 0 Å². The molecule has 1 saturated carbocycles. The minimum atomic E-state index is -0.444. The lowest BCUT2D eigenvalue weighted by Crippen LogP contribution is -2.53. The molecule has 0 aromatic heterocycles. The highest BCUT2D eigenvalue weighted by atomic mass is 16.2. The summed E-state index contributed by atoms with van der Waals surface area (Å²) in [7, 11) is 0. The number of para-hydroxylation sites is 1. The first kappa shape index (κ1) is 20.6. The Hall–Kier alpha value is -2.70. The number of nitrogens with zero attached hydrogens (tertiary/aromatic N) is 4. The second kappa shape index (κ2) is 8.98. The van der Waals surface area contributed by atoms with E-state index in [2.05, 4.69) is 5.10 Å². The smallest absolute Gasteiger partial charge is 0.270 e. The van der Waals surface area contributed by atoms with Crippen molar-refractivity contribution in [2.45, 2.75) is 51.5 Å². The first-order chi connectivity index (χ1) is 14.5. The number of benzene rings is 1. The molecule has 7 nitrogen and oxygen atoms in total. The number of ketones is 1. The van der Waals surface area contributed by atoms with Crippen molar-refractivity contribution in [3.8, 4) is 0 Å². The average Bonchev–Trinajstić information content (AvgIpc) is 3.25. The maximum absolute atomic E-state index is 13.1. The van der Waals surface area contributed by atoms with Crippen LogP contribution in [0.5, 0.6) is 0 Å². The summed E-state index contributed by atoms with van der Waals surface area (Å²) >= 11 is 0. The van der Waals surface area contributed by atoms with Gasteiger partial charge in [0.05, 0.1) is 5.69 Å². The predicted molar refractivity (Wildman–Crippen MR) is 115 cm³/mol. The summed E-state index contributed by atoms with van der Waals surface area (Å²) in [5.74, 6) is 0.292. The van der Waals surface area contributed by atoms with Crippen molar-refractivity contribution in [3.05, 3.63) is 30.3 Å². The van der Waals surface area contributed by atoms with E-state index in [0.717, 1.165) is 31.4 Å². The lowest BCUT2D eigenvalue weighted by atomic mass is 9.88. The summed E-state index contributed by atoms with van der Waals surface area (Å²) in [6, 6.07) is 9.03. The van der Waals surface area contributed by atoms with Crippen LogP contribution in [0.15, 0.2) is 35.4 Å². The molecular weight excluding hydrogens is 380 g/mol. The van der Waals surface area contributed by atoms with E-state index in [0.29, 0.717) is 38.3 Å². The van der Waals surface area contributed by atoms with E-state index in [1.165, 1.54) is 6.42 Å². The van der Waals surface area contributed by atoms with Gasteiger partial charge in [0.2, 0.25) is 5.91 Å². The molecule has 1 aromatic carbocycles. The molecule has 0 N–H and O–H groups in total. The molecule has 0 bridgehead atoms. The molecule has 0 spiro atoms. The molecule has 3 aliphatic rings. The molecule has 1 aromatic rings. The zero-order valence-corrected chi connectivity index (χ0v) is 17.6. The second-order valence-corrected chi connectivity index (χ2v) is 8.51.